The van der Waals surface area contributed by atoms with Crippen LogP contribution in [0.25, 0.3) is 27.8 Å². The van der Waals surface area contributed by atoms with E-state index in [1.165, 1.54) is 0 Å². The van der Waals surface area contributed by atoms with Gasteiger partial charge in [0.15, 0.2) is 0 Å². The fraction of sp³-hybridized carbons (Fsp3) is 0.400. The van der Waals surface area contributed by atoms with Crippen LogP contribution in [0, 0.1) is 5.92 Å². The van der Waals surface area contributed by atoms with Crippen LogP contribution in [0.4, 0.5) is 5.82 Å². The molecule has 1 fully saturated rings. The fourth-order valence-corrected chi connectivity index (χ4v) is 4.94. The van der Waals surface area contributed by atoms with Crippen LogP contribution < -0.4 is 11.2 Å². The molecule has 9 heteroatoms. The number of carbonyl (C=O) groups is 1. The Hall–Kier alpha value is -3.10. The van der Waals surface area contributed by atoms with Gasteiger partial charge >= 0.3 is 0 Å². The lowest BCUT2D eigenvalue weighted by Crippen LogP contribution is -2.38. The normalized spacial score (nSPS) is 19.1. The Kier molecular flexibility index (Phi) is 5.73. The number of H-pyrrole nitrogens is 1. The SMILES string of the molecule is CC(C)(C)ONC(=O)[C@H]1CC[C@H](c2nc(-c3cc4cccc(Cl)c4[nH]3)c3c(N)nccn32)CC1. The molecular formula is C25H29ClN6O2. The number of nitrogens with zero attached hydrogens (tertiary/aromatic N) is 3. The number of hydrogen-bond donors (Lipinski definition) is 3. The summed E-state index contributed by atoms with van der Waals surface area (Å²) in [5.41, 5.74) is 11.8. The molecule has 34 heavy (non-hydrogen) atoms. The van der Waals surface area contributed by atoms with Gasteiger partial charge in [-0.2, -0.15) is 0 Å². The number of nitrogens with two attached hydrogens (primary N) is 1. The van der Waals surface area contributed by atoms with E-state index in [1.54, 1.807) is 6.20 Å². The number of anilines is 1. The molecule has 4 aromatic rings. The highest BCUT2D eigenvalue weighted by Gasteiger charge is 2.31. The molecule has 1 saturated carbocycles. The summed E-state index contributed by atoms with van der Waals surface area (Å²) in [5, 5.41) is 1.67. The average molecular weight is 481 g/mol. The lowest BCUT2D eigenvalue weighted by Gasteiger charge is -2.28. The Labute approximate surface area is 202 Å². The molecule has 1 aromatic carbocycles. The molecule has 0 radical (unpaired) electrons. The summed E-state index contributed by atoms with van der Waals surface area (Å²) in [6.07, 6.45) is 6.86. The molecule has 1 aliphatic rings. The summed E-state index contributed by atoms with van der Waals surface area (Å²) < 4.78 is 2.04. The molecule has 0 bridgehead atoms. The van der Waals surface area contributed by atoms with Crippen LogP contribution in [0.1, 0.15) is 58.2 Å². The largest absolute Gasteiger partial charge is 0.382 e. The van der Waals surface area contributed by atoms with Crippen molar-refractivity contribution in [1.82, 2.24) is 24.8 Å². The van der Waals surface area contributed by atoms with E-state index >= 15 is 0 Å². The molecule has 0 aliphatic heterocycles. The average Bonchev–Trinajstić information content (AvgIpc) is 3.40. The van der Waals surface area contributed by atoms with Crippen LogP contribution in [-0.4, -0.2) is 30.9 Å². The number of amides is 1. The minimum Gasteiger partial charge on any atom is -0.382 e. The van der Waals surface area contributed by atoms with Crippen molar-refractivity contribution in [3.8, 4) is 11.4 Å². The van der Waals surface area contributed by atoms with Gasteiger partial charge in [-0.05, 0) is 58.6 Å². The van der Waals surface area contributed by atoms with Crippen LogP contribution in [-0.2, 0) is 9.63 Å². The van der Waals surface area contributed by atoms with Crippen molar-refractivity contribution < 1.29 is 9.63 Å². The fourth-order valence-electron chi connectivity index (χ4n) is 4.71. The first-order valence-electron chi connectivity index (χ1n) is 11.6. The Balaban J connectivity index is 1.43. The summed E-state index contributed by atoms with van der Waals surface area (Å²) in [6.45, 7) is 5.73. The van der Waals surface area contributed by atoms with Gasteiger partial charge in [0.05, 0.1) is 21.8 Å². The van der Waals surface area contributed by atoms with Gasteiger partial charge in [-0.15, -0.1) is 0 Å². The number of aromatic nitrogens is 4. The first-order chi connectivity index (χ1) is 16.2. The summed E-state index contributed by atoms with van der Waals surface area (Å²) in [4.78, 5) is 30.8. The van der Waals surface area contributed by atoms with E-state index < -0.39 is 5.60 Å². The molecule has 1 amide bonds. The van der Waals surface area contributed by atoms with Gasteiger partial charge in [0, 0.05) is 29.6 Å². The number of nitrogens with one attached hydrogen (secondary N) is 2. The quantitative estimate of drug-likeness (QED) is 0.346. The maximum atomic E-state index is 12.6. The number of para-hydroxylation sites is 1. The zero-order valence-corrected chi connectivity index (χ0v) is 20.3. The van der Waals surface area contributed by atoms with Crippen molar-refractivity contribution in [3.05, 3.63) is 47.5 Å². The Morgan fingerprint density at radius 2 is 2.03 bits per heavy atom. The van der Waals surface area contributed by atoms with E-state index in [2.05, 4.69) is 15.4 Å². The first-order valence-corrected chi connectivity index (χ1v) is 12.0. The zero-order chi connectivity index (χ0) is 24.0. The predicted molar refractivity (Wildman–Crippen MR) is 133 cm³/mol. The maximum Gasteiger partial charge on any atom is 0.246 e. The van der Waals surface area contributed by atoms with Crippen LogP contribution in [0.5, 0.6) is 0 Å². The van der Waals surface area contributed by atoms with E-state index in [4.69, 9.17) is 27.2 Å². The second-order valence-electron chi connectivity index (χ2n) is 9.97. The molecular weight excluding hydrogens is 452 g/mol. The van der Waals surface area contributed by atoms with Gasteiger partial charge in [-0.1, -0.05) is 23.7 Å². The van der Waals surface area contributed by atoms with E-state index in [0.29, 0.717) is 10.8 Å². The molecule has 0 unspecified atom stereocenters. The van der Waals surface area contributed by atoms with E-state index in [0.717, 1.165) is 59.3 Å². The van der Waals surface area contributed by atoms with Crippen LogP contribution >= 0.6 is 11.6 Å². The highest BCUT2D eigenvalue weighted by Crippen LogP contribution is 2.39. The number of hydroxylamine groups is 1. The van der Waals surface area contributed by atoms with Crippen molar-refractivity contribution in [2.24, 2.45) is 5.92 Å². The molecule has 0 atom stereocenters. The van der Waals surface area contributed by atoms with Gasteiger partial charge in [-0.3, -0.25) is 14.0 Å². The lowest BCUT2D eigenvalue weighted by atomic mass is 9.81. The van der Waals surface area contributed by atoms with Crippen molar-refractivity contribution in [1.29, 1.82) is 0 Å². The Bertz CT molecular complexity index is 1360. The van der Waals surface area contributed by atoms with Crippen LogP contribution in [0.2, 0.25) is 5.02 Å². The zero-order valence-electron chi connectivity index (χ0n) is 19.6. The van der Waals surface area contributed by atoms with Crippen molar-refractivity contribution in [2.45, 2.75) is 58.0 Å². The number of benzene rings is 1. The topological polar surface area (TPSA) is 110 Å². The lowest BCUT2D eigenvalue weighted by molar-refractivity contribution is -0.150. The summed E-state index contributed by atoms with van der Waals surface area (Å²) in [5.74, 6) is 1.46. The molecule has 0 spiro atoms. The van der Waals surface area contributed by atoms with Gasteiger partial charge in [0.2, 0.25) is 5.91 Å². The predicted octanol–water partition coefficient (Wildman–Crippen LogP) is 5.23. The minimum atomic E-state index is -0.418. The van der Waals surface area contributed by atoms with E-state index in [-0.39, 0.29) is 17.7 Å². The van der Waals surface area contributed by atoms with Gasteiger partial charge in [-0.25, -0.2) is 15.4 Å². The number of hydrogen-bond acceptors (Lipinski definition) is 5. The maximum absolute atomic E-state index is 12.6. The number of fused-ring (bicyclic) bond motifs is 2. The Morgan fingerprint density at radius 3 is 2.74 bits per heavy atom. The number of halogens is 1. The molecule has 5 rings (SSSR count). The first kappa shape index (κ1) is 22.7. The molecule has 178 valence electrons. The third-order valence-electron chi connectivity index (χ3n) is 6.39. The van der Waals surface area contributed by atoms with Crippen molar-refractivity contribution >= 4 is 39.7 Å². The van der Waals surface area contributed by atoms with Crippen molar-refractivity contribution in [2.75, 3.05) is 5.73 Å². The minimum absolute atomic E-state index is 0.0505. The third-order valence-corrected chi connectivity index (χ3v) is 6.71. The third kappa shape index (κ3) is 4.23. The summed E-state index contributed by atoms with van der Waals surface area (Å²) >= 11 is 6.39. The molecule has 3 aromatic heterocycles. The van der Waals surface area contributed by atoms with Gasteiger partial charge in [0.25, 0.3) is 0 Å². The van der Waals surface area contributed by atoms with Gasteiger partial charge in [0.1, 0.15) is 22.9 Å². The second kappa shape index (κ2) is 8.60. The summed E-state index contributed by atoms with van der Waals surface area (Å²) in [6, 6.07) is 7.84. The number of rotatable bonds is 4. The number of aromatic amines is 1. The van der Waals surface area contributed by atoms with Crippen LogP contribution in [0.15, 0.2) is 36.7 Å². The number of nitrogen functional groups attached to an aromatic ring is 1. The monoisotopic (exact) mass is 480 g/mol. The van der Waals surface area contributed by atoms with E-state index in [9.17, 15) is 4.79 Å². The number of imidazole rings is 1. The summed E-state index contributed by atoms with van der Waals surface area (Å²) in [7, 11) is 0. The van der Waals surface area contributed by atoms with Crippen molar-refractivity contribution in [3.63, 3.8) is 0 Å². The molecule has 0 saturated heterocycles. The Morgan fingerprint density at radius 1 is 1.26 bits per heavy atom. The van der Waals surface area contributed by atoms with E-state index in [1.807, 2.05) is 55.6 Å². The second-order valence-corrected chi connectivity index (χ2v) is 10.4. The standard InChI is InChI=1S/C25H29ClN6O2/c1-25(2,3)34-31-24(33)15-9-7-14(8-10-15)23-30-20(21-22(27)28-11-12-32(21)23)18-13-16-5-4-6-17(26)19(16)29-18/h4-6,11-15,29H,7-10H2,1-3H3,(H2,27,28)(H,31,33)/t14-,15-. The molecule has 3 heterocycles. The molecule has 1 aliphatic carbocycles. The molecule has 4 N–H and O–H groups in total. The van der Waals surface area contributed by atoms with Gasteiger partial charge < -0.3 is 10.7 Å². The smallest absolute Gasteiger partial charge is 0.246 e. The number of carbonyl (C=O) groups excluding carboxylic acids is 1. The van der Waals surface area contributed by atoms with Crippen LogP contribution in [0.3, 0.4) is 0 Å². The highest BCUT2D eigenvalue weighted by atomic mass is 35.5. The highest BCUT2D eigenvalue weighted by molar-refractivity contribution is 6.35. The molecule has 8 nitrogen and oxygen atoms in total.